The van der Waals surface area contributed by atoms with Crippen LogP contribution in [0.5, 0.6) is 0 Å². The summed E-state index contributed by atoms with van der Waals surface area (Å²) < 4.78 is 7.07. The number of hydrogen-bond acceptors (Lipinski definition) is 4. The lowest BCUT2D eigenvalue weighted by Gasteiger charge is -1.99. The summed E-state index contributed by atoms with van der Waals surface area (Å²) in [6, 6.07) is 17.7. The van der Waals surface area contributed by atoms with Crippen LogP contribution in [0.1, 0.15) is 16.9 Å². The molecule has 5 rings (SSSR count). The molecule has 2 aromatic heterocycles. The molecule has 0 saturated carbocycles. The van der Waals surface area contributed by atoms with Gasteiger partial charge in [-0.25, -0.2) is 4.98 Å². The third-order valence-electron chi connectivity index (χ3n) is 4.38. The first-order chi connectivity index (χ1) is 12.7. The lowest BCUT2D eigenvalue weighted by Crippen LogP contribution is -2.03. The molecule has 0 spiro atoms. The van der Waals surface area contributed by atoms with Crippen molar-refractivity contribution in [3.8, 4) is 10.8 Å². The maximum atomic E-state index is 12.3. The van der Waals surface area contributed by atoms with Crippen molar-refractivity contribution >= 4 is 44.8 Å². The number of furan rings is 1. The second-order valence-electron chi connectivity index (χ2n) is 6.25. The molecule has 4 nitrogen and oxygen atoms in total. The van der Waals surface area contributed by atoms with Crippen molar-refractivity contribution in [1.29, 1.82) is 0 Å². The molecule has 0 saturated heterocycles. The molecule has 1 N–H and O–H groups in total. The van der Waals surface area contributed by atoms with E-state index in [1.807, 2.05) is 61.5 Å². The lowest BCUT2D eigenvalue weighted by atomic mass is 10.0. The van der Waals surface area contributed by atoms with Crippen LogP contribution in [0.25, 0.3) is 32.6 Å². The highest BCUT2D eigenvalue weighted by Crippen LogP contribution is 2.35. The van der Waals surface area contributed by atoms with Crippen LogP contribution in [0.15, 0.2) is 59.0 Å². The number of amides is 1. The summed E-state index contributed by atoms with van der Waals surface area (Å²) in [5, 5.41) is 3.73. The van der Waals surface area contributed by atoms with Gasteiger partial charge < -0.3 is 9.73 Å². The van der Waals surface area contributed by atoms with Gasteiger partial charge in [-0.1, -0.05) is 23.8 Å². The van der Waals surface area contributed by atoms with E-state index in [-0.39, 0.29) is 5.91 Å². The summed E-state index contributed by atoms with van der Waals surface area (Å²) in [4.78, 5) is 16.9. The van der Waals surface area contributed by atoms with E-state index in [0.717, 1.165) is 32.0 Å². The Labute approximate surface area is 153 Å². The summed E-state index contributed by atoms with van der Waals surface area (Å²) >= 11 is 1.59. The molecule has 0 radical (unpaired) electrons. The van der Waals surface area contributed by atoms with E-state index in [1.54, 1.807) is 17.4 Å². The fraction of sp³-hybridized carbons (Fsp3) is 0.0476. The molecule has 4 aromatic rings. The average molecular weight is 358 g/mol. The Morgan fingerprint density at radius 1 is 1.12 bits per heavy atom. The van der Waals surface area contributed by atoms with E-state index in [9.17, 15) is 4.79 Å². The van der Waals surface area contributed by atoms with Gasteiger partial charge in [-0.15, -0.1) is 11.3 Å². The number of anilines is 1. The lowest BCUT2D eigenvalue weighted by molar-refractivity contribution is -0.110. The Hall–Kier alpha value is -3.18. The Morgan fingerprint density at radius 3 is 2.88 bits per heavy atom. The van der Waals surface area contributed by atoms with E-state index < -0.39 is 0 Å². The maximum Gasteiger partial charge on any atom is 0.256 e. The number of nitrogens with one attached hydrogen (secondary N) is 1. The van der Waals surface area contributed by atoms with Crippen molar-refractivity contribution in [2.45, 2.75) is 6.92 Å². The molecule has 1 aliphatic rings. The van der Waals surface area contributed by atoms with Gasteiger partial charge in [0.25, 0.3) is 5.91 Å². The number of thiazole rings is 1. The van der Waals surface area contributed by atoms with Crippen molar-refractivity contribution in [3.05, 3.63) is 71.5 Å². The zero-order valence-electron chi connectivity index (χ0n) is 13.9. The van der Waals surface area contributed by atoms with Gasteiger partial charge in [0.15, 0.2) is 10.8 Å². The van der Waals surface area contributed by atoms with E-state index in [1.165, 1.54) is 0 Å². The highest BCUT2D eigenvalue weighted by molar-refractivity contribution is 7.21. The number of aromatic nitrogens is 1. The number of aryl methyl sites for hydroxylation is 1. The summed E-state index contributed by atoms with van der Waals surface area (Å²) in [6.07, 6.45) is 1.79. The fourth-order valence-electron chi connectivity index (χ4n) is 3.11. The first-order valence-electron chi connectivity index (χ1n) is 8.27. The molecule has 1 amide bonds. The molecule has 0 fully saturated rings. The molecule has 2 aromatic carbocycles. The predicted molar refractivity (Wildman–Crippen MR) is 105 cm³/mol. The summed E-state index contributed by atoms with van der Waals surface area (Å²) in [7, 11) is 0. The molecule has 0 atom stereocenters. The van der Waals surface area contributed by atoms with Crippen molar-refractivity contribution in [1.82, 2.24) is 4.98 Å². The predicted octanol–water partition coefficient (Wildman–Crippen LogP) is 5.36. The molecule has 0 aliphatic carbocycles. The SMILES string of the molecule is Cc1ccc2c(c1)C(=Cc1ccc(-c3nc4ccccc4s3)o1)C(=O)N2. The normalized spacial score (nSPS) is 14.8. The van der Waals surface area contributed by atoms with E-state index in [0.29, 0.717) is 17.1 Å². The standard InChI is InChI=1S/C21H14N2O2S/c1-12-6-8-16-14(10-12)15(20(24)22-16)11-13-7-9-18(25-13)21-23-17-4-2-3-5-19(17)26-21/h2-11H,1H3,(H,22,24). The zero-order chi connectivity index (χ0) is 17.7. The third-order valence-corrected chi connectivity index (χ3v) is 5.43. The number of benzene rings is 2. The summed E-state index contributed by atoms with van der Waals surface area (Å²) in [6.45, 7) is 2.01. The molecule has 126 valence electrons. The zero-order valence-corrected chi connectivity index (χ0v) is 14.8. The molecule has 1 aliphatic heterocycles. The van der Waals surface area contributed by atoms with Crippen LogP contribution in [-0.2, 0) is 4.79 Å². The van der Waals surface area contributed by atoms with Crippen molar-refractivity contribution in [2.24, 2.45) is 0 Å². The molecule has 26 heavy (non-hydrogen) atoms. The van der Waals surface area contributed by atoms with Crippen molar-refractivity contribution < 1.29 is 9.21 Å². The number of rotatable bonds is 2. The monoisotopic (exact) mass is 358 g/mol. The Kier molecular flexibility index (Phi) is 3.30. The topological polar surface area (TPSA) is 55.1 Å². The van der Waals surface area contributed by atoms with Gasteiger partial charge in [0.05, 0.1) is 15.8 Å². The maximum absolute atomic E-state index is 12.3. The first kappa shape index (κ1) is 15.1. The second kappa shape index (κ2) is 5.68. The minimum Gasteiger partial charge on any atom is -0.454 e. The van der Waals surface area contributed by atoms with Gasteiger partial charge in [-0.05, 0) is 49.4 Å². The Morgan fingerprint density at radius 2 is 2.00 bits per heavy atom. The van der Waals surface area contributed by atoms with Gasteiger partial charge >= 0.3 is 0 Å². The minimum atomic E-state index is -0.108. The fourth-order valence-corrected chi connectivity index (χ4v) is 4.04. The quantitative estimate of drug-likeness (QED) is 0.491. The van der Waals surface area contributed by atoms with Crippen molar-refractivity contribution in [3.63, 3.8) is 0 Å². The van der Waals surface area contributed by atoms with E-state index >= 15 is 0 Å². The van der Waals surface area contributed by atoms with Gasteiger partial charge in [0.1, 0.15) is 5.76 Å². The number of nitrogens with zero attached hydrogens (tertiary/aromatic N) is 1. The molecule has 0 bridgehead atoms. The second-order valence-corrected chi connectivity index (χ2v) is 7.28. The van der Waals surface area contributed by atoms with Gasteiger partial charge in [-0.3, -0.25) is 4.79 Å². The highest BCUT2D eigenvalue weighted by Gasteiger charge is 2.24. The van der Waals surface area contributed by atoms with Crippen LogP contribution in [-0.4, -0.2) is 10.9 Å². The number of carbonyl (C=O) groups excluding carboxylic acids is 1. The number of carbonyl (C=O) groups is 1. The van der Waals surface area contributed by atoms with Crippen LogP contribution < -0.4 is 5.32 Å². The third kappa shape index (κ3) is 2.45. The largest absolute Gasteiger partial charge is 0.454 e. The van der Waals surface area contributed by atoms with Crippen LogP contribution in [0, 0.1) is 6.92 Å². The average Bonchev–Trinajstić information content (AvgIpc) is 3.33. The highest BCUT2D eigenvalue weighted by atomic mass is 32.1. The Bertz CT molecular complexity index is 1170. The summed E-state index contributed by atoms with van der Waals surface area (Å²) in [5.41, 5.74) is 4.44. The minimum absolute atomic E-state index is 0.108. The van der Waals surface area contributed by atoms with E-state index in [2.05, 4.69) is 10.3 Å². The smallest absolute Gasteiger partial charge is 0.256 e. The molecule has 0 unspecified atom stereocenters. The van der Waals surface area contributed by atoms with Crippen LogP contribution in [0.4, 0.5) is 5.69 Å². The van der Waals surface area contributed by atoms with E-state index in [4.69, 9.17) is 4.42 Å². The Balaban J connectivity index is 1.54. The molecule has 5 heteroatoms. The molecule has 3 heterocycles. The van der Waals surface area contributed by atoms with Crippen molar-refractivity contribution in [2.75, 3.05) is 5.32 Å². The first-order valence-corrected chi connectivity index (χ1v) is 9.09. The molecular weight excluding hydrogens is 344 g/mol. The van der Waals surface area contributed by atoms with Gasteiger partial charge in [0, 0.05) is 11.3 Å². The number of hydrogen-bond donors (Lipinski definition) is 1. The van der Waals surface area contributed by atoms with Crippen LogP contribution >= 0.6 is 11.3 Å². The molecular formula is C21H14N2O2S. The number of para-hydroxylation sites is 1. The van der Waals surface area contributed by atoms with Gasteiger partial charge in [0.2, 0.25) is 0 Å². The van der Waals surface area contributed by atoms with Crippen LogP contribution in [0.3, 0.4) is 0 Å². The van der Waals surface area contributed by atoms with Crippen LogP contribution in [0.2, 0.25) is 0 Å². The summed E-state index contributed by atoms with van der Waals surface area (Å²) in [5.74, 6) is 1.24. The van der Waals surface area contributed by atoms with Gasteiger partial charge in [-0.2, -0.15) is 0 Å². The number of fused-ring (bicyclic) bond motifs is 2.